The zero-order valence-corrected chi connectivity index (χ0v) is 16.0. The number of rotatable bonds is 4. The number of aromatic nitrogens is 4. The predicted molar refractivity (Wildman–Crippen MR) is 106 cm³/mol. The molecular formula is C21H22N6O. The number of pyridine rings is 2. The third kappa shape index (κ3) is 3.55. The van der Waals surface area contributed by atoms with Gasteiger partial charge >= 0.3 is 0 Å². The molecule has 1 aliphatic rings. The van der Waals surface area contributed by atoms with Gasteiger partial charge in [-0.1, -0.05) is 12.1 Å². The molecule has 4 rings (SSSR count). The Balaban J connectivity index is 1.51. The van der Waals surface area contributed by atoms with Gasteiger partial charge in [-0.15, -0.1) is 10.2 Å². The number of amides is 1. The van der Waals surface area contributed by atoms with Gasteiger partial charge in [0.05, 0.1) is 0 Å². The number of hydrogen-bond acceptors (Lipinski definition) is 6. The van der Waals surface area contributed by atoms with Crippen molar-refractivity contribution in [2.24, 2.45) is 0 Å². The van der Waals surface area contributed by atoms with Gasteiger partial charge in [0.15, 0.2) is 11.5 Å². The van der Waals surface area contributed by atoms with Crippen molar-refractivity contribution in [2.75, 3.05) is 11.4 Å². The zero-order chi connectivity index (χ0) is 19.5. The maximum absolute atomic E-state index is 12.6. The Hall–Kier alpha value is -3.35. The molecule has 0 fully saturated rings. The van der Waals surface area contributed by atoms with Crippen LogP contribution in [0, 0.1) is 13.8 Å². The van der Waals surface area contributed by atoms with Crippen molar-refractivity contribution in [2.45, 2.75) is 33.4 Å². The van der Waals surface area contributed by atoms with E-state index >= 15 is 0 Å². The summed E-state index contributed by atoms with van der Waals surface area (Å²) in [7, 11) is 0. The monoisotopic (exact) mass is 374 g/mol. The van der Waals surface area contributed by atoms with Crippen molar-refractivity contribution in [3.63, 3.8) is 0 Å². The van der Waals surface area contributed by atoms with E-state index in [9.17, 15) is 4.79 Å². The number of carbonyl (C=O) groups is 1. The summed E-state index contributed by atoms with van der Waals surface area (Å²) in [5, 5.41) is 11.5. The molecule has 1 amide bonds. The number of nitrogens with one attached hydrogen (secondary N) is 1. The van der Waals surface area contributed by atoms with Crippen molar-refractivity contribution >= 4 is 11.7 Å². The Bertz CT molecular complexity index is 1010. The first-order chi connectivity index (χ1) is 13.6. The van der Waals surface area contributed by atoms with E-state index < -0.39 is 0 Å². The van der Waals surface area contributed by atoms with Crippen LogP contribution in [0.25, 0.3) is 0 Å². The van der Waals surface area contributed by atoms with E-state index in [-0.39, 0.29) is 5.91 Å². The third-order valence-electron chi connectivity index (χ3n) is 5.15. The highest BCUT2D eigenvalue weighted by Crippen LogP contribution is 2.26. The molecule has 4 heterocycles. The highest BCUT2D eigenvalue weighted by Gasteiger charge is 2.23. The molecule has 142 valence electrons. The second-order valence-electron chi connectivity index (χ2n) is 6.95. The molecule has 0 aromatic carbocycles. The molecule has 3 aromatic heterocycles. The van der Waals surface area contributed by atoms with Crippen molar-refractivity contribution in [1.29, 1.82) is 0 Å². The Morgan fingerprint density at radius 3 is 2.82 bits per heavy atom. The van der Waals surface area contributed by atoms with E-state index in [1.807, 2.05) is 38.2 Å². The van der Waals surface area contributed by atoms with Crippen LogP contribution in [0.15, 0.2) is 42.9 Å². The summed E-state index contributed by atoms with van der Waals surface area (Å²) in [4.78, 5) is 23.3. The van der Waals surface area contributed by atoms with Gasteiger partial charge in [0.2, 0.25) is 0 Å². The maximum Gasteiger partial charge on any atom is 0.272 e. The van der Waals surface area contributed by atoms with Crippen LogP contribution in [-0.4, -0.2) is 32.6 Å². The van der Waals surface area contributed by atoms with Crippen molar-refractivity contribution in [1.82, 2.24) is 25.5 Å². The molecule has 0 aliphatic carbocycles. The third-order valence-corrected chi connectivity index (χ3v) is 5.15. The second kappa shape index (κ2) is 7.72. The van der Waals surface area contributed by atoms with Crippen molar-refractivity contribution < 1.29 is 4.79 Å². The molecule has 1 aliphatic heterocycles. The van der Waals surface area contributed by atoms with E-state index in [0.717, 1.165) is 47.7 Å². The minimum atomic E-state index is -0.225. The molecule has 0 atom stereocenters. The lowest BCUT2D eigenvalue weighted by Crippen LogP contribution is -2.33. The van der Waals surface area contributed by atoms with Crippen LogP contribution >= 0.6 is 0 Å². The minimum absolute atomic E-state index is 0.225. The molecule has 0 saturated heterocycles. The molecule has 7 heteroatoms. The molecule has 28 heavy (non-hydrogen) atoms. The largest absolute Gasteiger partial charge is 0.350 e. The number of anilines is 1. The molecule has 3 aromatic rings. The molecule has 0 saturated carbocycles. The lowest BCUT2D eigenvalue weighted by molar-refractivity contribution is 0.0944. The lowest BCUT2D eigenvalue weighted by Gasteiger charge is -2.30. The fourth-order valence-corrected chi connectivity index (χ4v) is 3.42. The summed E-state index contributed by atoms with van der Waals surface area (Å²) in [5.41, 5.74) is 5.50. The van der Waals surface area contributed by atoms with Crippen LogP contribution in [0.1, 0.15) is 38.4 Å². The first kappa shape index (κ1) is 18.0. The van der Waals surface area contributed by atoms with Crippen LogP contribution in [0.3, 0.4) is 0 Å². The fraction of sp³-hybridized carbons (Fsp3) is 0.286. The average molecular weight is 374 g/mol. The average Bonchev–Trinajstić information content (AvgIpc) is 2.74. The van der Waals surface area contributed by atoms with Crippen LogP contribution in [-0.2, 0) is 19.5 Å². The summed E-state index contributed by atoms with van der Waals surface area (Å²) >= 11 is 0. The smallest absolute Gasteiger partial charge is 0.272 e. The summed E-state index contributed by atoms with van der Waals surface area (Å²) < 4.78 is 0. The SMILES string of the molecule is Cc1c(C(=O)NCc2cccnc2)nnc(N2CCc3ncccc3C2)c1C. The van der Waals surface area contributed by atoms with Crippen molar-refractivity contribution in [3.8, 4) is 0 Å². The highest BCUT2D eigenvalue weighted by molar-refractivity contribution is 5.94. The quantitative estimate of drug-likeness (QED) is 0.755. The maximum atomic E-state index is 12.6. The number of nitrogens with zero attached hydrogens (tertiary/aromatic N) is 5. The predicted octanol–water partition coefficient (Wildman–Crippen LogP) is 2.38. The van der Waals surface area contributed by atoms with E-state index in [2.05, 4.69) is 36.4 Å². The topological polar surface area (TPSA) is 83.9 Å². The van der Waals surface area contributed by atoms with Gasteiger partial charge in [0, 0.05) is 50.3 Å². The number of carbonyl (C=O) groups excluding carboxylic acids is 1. The molecule has 0 radical (unpaired) electrons. The van der Waals surface area contributed by atoms with Gasteiger partial charge < -0.3 is 10.2 Å². The molecule has 7 nitrogen and oxygen atoms in total. The van der Waals surface area contributed by atoms with Gasteiger partial charge in [0.1, 0.15) is 0 Å². The Morgan fingerprint density at radius 1 is 1.14 bits per heavy atom. The summed E-state index contributed by atoms with van der Waals surface area (Å²) in [6.07, 6.45) is 6.15. The van der Waals surface area contributed by atoms with Crippen LogP contribution in [0.4, 0.5) is 5.82 Å². The molecule has 0 spiro atoms. The molecule has 0 unspecified atom stereocenters. The van der Waals surface area contributed by atoms with E-state index in [1.54, 1.807) is 12.4 Å². The van der Waals surface area contributed by atoms with E-state index in [4.69, 9.17) is 0 Å². The highest BCUT2D eigenvalue weighted by atomic mass is 16.1. The van der Waals surface area contributed by atoms with Gasteiger partial charge in [-0.3, -0.25) is 14.8 Å². The Kier molecular flexibility index (Phi) is 4.97. The second-order valence-corrected chi connectivity index (χ2v) is 6.95. The lowest BCUT2D eigenvalue weighted by atomic mass is 10.0. The minimum Gasteiger partial charge on any atom is -0.350 e. The van der Waals surface area contributed by atoms with Crippen molar-refractivity contribution in [3.05, 3.63) is 76.5 Å². The van der Waals surface area contributed by atoms with Gasteiger partial charge in [-0.05, 0) is 48.2 Å². The van der Waals surface area contributed by atoms with Crippen LogP contribution < -0.4 is 10.2 Å². The normalized spacial score (nSPS) is 13.1. The summed E-state index contributed by atoms with van der Waals surface area (Å²) in [5.74, 6) is 0.604. The van der Waals surface area contributed by atoms with E-state index in [0.29, 0.717) is 12.2 Å². The van der Waals surface area contributed by atoms with Crippen LogP contribution in [0.2, 0.25) is 0 Å². The summed E-state index contributed by atoms with van der Waals surface area (Å²) in [6, 6.07) is 7.83. The Morgan fingerprint density at radius 2 is 2.00 bits per heavy atom. The summed E-state index contributed by atoms with van der Waals surface area (Å²) in [6.45, 7) is 5.92. The Labute approximate surface area is 163 Å². The van der Waals surface area contributed by atoms with Gasteiger partial charge in [0.25, 0.3) is 5.91 Å². The van der Waals surface area contributed by atoms with Crippen LogP contribution in [0.5, 0.6) is 0 Å². The first-order valence-corrected chi connectivity index (χ1v) is 9.32. The number of fused-ring (bicyclic) bond motifs is 1. The first-order valence-electron chi connectivity index (χ1n) is 9.32. The van der Waals surface area contributed by atoms with E-state index in [1.165, 1.54) is 5.56 Å². The van der Waals surface area contributed by atoms with Gasteiger partial charge in [-0.2, -0.15) is 0 Å². The van der Waals surface area contributed by atoms with Gasteiger partial charge in [-0.25, -0.2) is 0 Å². The zero-order valence-electron chi connectivity index (χ0n) is 16.0. The fourth-order valence-electron chi connectivity index (χ4n) is 3.42. The molecule has 0 bridgehead atoms. The molecule has 1 N–H and O–H groups in total. The number of hydrogen-bond donors (Lipinski definition) is 1. The molecular weight excluding hydrogens is 352 g/mol. The standard InChI is InChI=1S/C21H22N6O/c1-14-15(2)20(27-10-7-18-17(13-27)6-4-9-23-18)26-25-19(14)21(28)24-12-16-5-3-8-22-11-16/h3-6,8-9,11H,7,10,12-13H2,1-2H3,(H,24,28).